The number of hydrogen-bond donors (Lipinski definition) is 3. The van der Waals surface area contributed by atoms with Gasteiger partial charge in [-0.2, -0.15) is 0 Å². The molecule has 0 saturated heterocycles. The van der Waals surface area contributed by atoms with E-state index < -0.39 is 0 Å². The molecule has 5 N–H and O–H groups in total. The van der Waals surface area contributed by atoms with E-state index in [1.165, 1.54) is 0 Å². The van der Waals surface area contributed by atoms with Crippen molar-refractivity contribution in [3.8, 4) is 0 Å². The third-order valence-corrected chi connectivity index (χ3v) is 2.79. The monoisotopic (exact) mass is 266 g/mol. The largest absolute Gasteiger partial charge is 0.399 e. The zero-order chi connectivity index (χ0) is 14.5. The molecule has 0 saturated carbocycles. The second-order valence-electron chi connectivity index (χ2n) is 4.56. The minimum absolute atomic E-state index is 0.293. The molecule has 0 aliphatic heterocycles. The third-order valence-electron chi connectivity index (χ3n) is 2.79. The fourth-order valence-electron chi connectivity index (χ4n) is 1.78. The summed E-state index contributed by atoms with van der Waals surface area (Å²) in [6, 6.07) is 15.2. The maximum absolute atomic E-state index is 5.87. The fraction of sp³-hybridized carbons (Fsp3) is 0.0625. The smallest absolute Gasteiger partial charge is 0.198 e. The minimum atomic E-state index is 0.293. The average Bonchev–Trinajstić information content (AvgIpc) is 2.41. The molecule has 0 aliphatic rings. The van der Waals surface area contributed by atoms with E-state index in [1.54, 1.807) is 12.1 Å². The third kappa shape index (κ3) is 3.62. The molecule has 0 aromatic heterocycles. The molecule has 0 spiro atoms. The Hall–Kier alpha value is -2.75. The molecule has 0 unspecified atom stereocenters. The van der Waals surface area contributed by atoms with Crippen LogP contribution in [0.5, 0.6) is 0 Å². The van der Waals surface area contributed by atoms with E-state index >= 15 is 0 Å². The van der Waals surface area contributed by atoms with E-state index in [-0.39, 0.29) is 0 Å². The van der Waals surface area contributed by atoms with Gasteiger partial charge in [0.25, 0.3) is 0 Å². The van der Waals surface area contributed by atoms with E-state index in [0.29, 0.717) is 17.3 Å². The van der Waals surface area contributed by atoms with Crippen LogP contribution in [0.25, 0.3) is 5.70 Å². The Labute approximate surface area is 118 Å². The summed E-state index contributed by atoms with van der Waals surface area (Å²) >= 11 is 0. The highest BCUT2D eigenvalue weighted by Crippen LogP contribution is 2.15. The Morgan fingerprint density at radius 3 is 2.50 bits per heavy atom. The lowest BCUT2D eigenvalue weighted by atomic mass is 10.1. The number of nitrogen functional groups attached to an aromatic ring is 1. The van der Waals surface area contributed by atoms with Crippen LogP contribution in [0.1, 0.15) is 11.1 Å². The van der Waals surface area contributed by atoms with Gasteiger partial charge in [-0.05, 0) is 42.8 Å². The van der Waals surface area contributed by atoms with Crippen LogP contribution in [0.15, 0.2) is 60.1 Å². The number of guanidine groups is 1. The van der Waals surface area contributed by atoms with Crippen molar-refractivity contribution in [2.45, 2.75) is 6.92 Å². The predicted octanol–water partition coefficient (Wildman–Crippen LogP) is 2.97. The van der Waals surface area contributed by atoms with Gasteiger partial charge in [-0.15, -0.1) is 0 Å². The van der Waals surface area contributed by atoms with E-state index in [9.17, 15) is 0 Å². The second-order valence-corrected chi connectivity index (χ2v) is 4.56. The number of aliphatic imine (C=N–C) groups is 1. The van der Waals surface area contributed by atoms with Crippen molar-refractivity contribution in [3.05, 3.63) is 66.2 Å². The summed E-state index contributed by atoms with van der Waals surface area (Å²) in [6.07, 6.45) is 0. The molecular weight excluding hydrogens is 248 g/mol. The Kier molecular flexibility index (Phi) is 4.05. The van der Waals surface area contributed by atoms with Crippen LogP contribution >= 0.6 is 0 Å². The number of anilines is 2. The summed E-state index contributed by atoms with van der Waals surface area (Å²) in [7, 11) is 0. The molecule has 0 heterocycles. The normalized spacial score (nSPS) is 11.2. The Morgan fingerprint density at radius 1 is 1.15 bits per heavy atom. The Balaban J connectivity index is 2.10. The molecule has 102 valence electrons. The van der Waals surface area contributed by atoms with Crippen LogP contribution in [0, 0.1) is 6.92 Å². The SMILES string of the molecule is C=C(N=C(N)Nc1ccc(N)cc1)c1cccc(C)c1. The van der Waals surface area contributed by atoms with Gasteiger partial charge in [-0.1, -0.05) is 30.3 Å². The van der Waals surface area contributed by atoms with Crippen LogP contribution in [-0.2, 0) is 0 Å². The lowest BCUT2D eigenvalue weighted by Gasteiger charge is -2.07. The standard InChI is InChI=1S/C16H18N4/c1-11-4-3-5-13(10-11)12(2)19-16(18)20-15-8-6-14(17)7-9-15/h3-10H,2,17H2,1H3,(H3,18,19,20). The van der Waals surface area contributed by atoms with Crippen LogP contribution in [0.2, 0.25) is 0 Å². The quantitative estimate of drug-likeness (QED) is 0.454. The van der Waals surface area contributed by atoms with Crippen LogP contribution in [0.4, 0.5) is 11.4 Å². The zero-order valence-electron chi connectivity index (χ0n) is 11.4. The van der Waals surface area contributed by atoms with Crippen molar-refractivity contribution in [1.82, 2.24) is 0 Å². The maximum atomic E-state index is 5.87. The number of rotatable bonds is 3. The lowest BCUT2D eigenvalue weighted by Crippen LogP contribution is -2.22. The maximum Gasteiger partial charge on any atom is 0.198 e. The number of nitrogens with one attached hydrogen (secondary N) is 1. The number of hydrogen-bond acceptors (Lipinski definition) is 2. The van der Waals surface area contributed by atoms with Crippen molar-refractivity contribution >= 4 is 23.0 Å². The van der Waals surface area contributed by atoms with Crippen molar-refractivity contribution in [2.75, 3.05) is 11.1 Å². The van der Waals surface area contributed by atoms with E-state index in [4.69, 9.17) is 11.5 Å². The lowest BCUT2D eigenvalue weighted by molar-refractivity contribution is 1.40. The highest BCUT2D eigenvalue weighted by molar-refractivity contribution is 5.95. The summed E-state index contributed by atoms with van der Waals surface area (Å²) in [6.45, 7) is 5.96. The minimum Gasteiger partial charge on any atom is -0.399 e. The van der Waals surface area contributed by atoms with E-state index in [1.807, 2.05) is 43.3 Å². The molecule has 4 heteroatoms. The average molecular weight is 266 g/mol. The topological polar surface area (TPSA) is 76.4 Å². The molecule has 0 aliphatic carbocycles. The van der Waals surface area contributed by atoms with E-state index in [2.05, 4.69) is 16.9 Å². The van der Waals surface area contributed by atoms with Gasteiger partial charge in [0.2, 0.25) is 0 Å². The molecule has 0 amide bonds. The van der Waals surface area contributed by atoms with E-state index in [0.717, 1.165) is 16.8 Å². The van der Waals surface area contributed by atoms with Gasteiger partial charge < -0.3 is 16.8 Å². The molecule has 2 rings (SSSR count). The van der Waals surface area contributed by atoms with Crippen molar-refractivity contribution in [2.24, 2.45) is 10.7 Å². The molecule has 0 atom stereocenters. The van der Waals surface area contributed by atoms with Gasteiger partial charge in [0.15, 0.2) is 5.96 Å². The highest BCUT2D eigenvalue weighted by atomic mass is 15.1. The van der Waals surface area contributed by atoms with Crippen molar-refractivity contribution < 1.29 is 0 Å². The first-order valence-electron chi connectivity index (χ1n) is 6.27. The molecule has 0 radical (unpaired) electrons. The second kappa shape index (κ2) is 5.93. The molecule has 2 aromatic rings. The molecule has 0 bridgehead atoms. The summed E-state index contributed by atoms with van der Waals surface area (Å²) in [5.41, 5.74) is 15.8. The molecule has 2 aromatic carbocycles. The van der Waals surface area contributed by atoms with Gasteiger partial charge in [0.1, 0.15) is 0 Å². The summed E-state index contributed by atoms with van der Waals surface area (Å²) in [4.78, 5) is 4.26. The molecule has 0 fully saturated rings. The first-order valence-corrected chi connectivity index (χ1v) is 6.27. The summed E-state index contributed by atoms with van der Waals surface area (Å²) in [5, 5.41) is 3.00. The van der Waals surface area contributed by atoms with Gasteiger partial charge in [0.05, 0.1) is 5.70 Å². The van der Waals surface area contributed by atoms with Gasteiger partial charge in [-0.3, -0.25) is 0 Å². The Morgan fingerprint density at radius 2 is 1.85 bits per heavy atom. The van der Waals surface area contributed by atoms with Gasteiger partial charge in [0, 0.05) is 11.4 Å². The first kappa shape index (κ1) is 13.7. The summed E-state index contributed by atoms with van der Waals surface area (Å²) < 4.78 is 0. The Bertz CT molecular complexity index is 642. The van der Waals surface area contributed by atoms with Crippen molar-refractivity contribution in [3.63, 3.8) is 0 Å². The predicted molar refractivity (Wildman–Crippen MR) is 86.3 cm³/mol. The molecular formula is C16H18N4. The number of benzene rings is 2. The first-order chi connectivity index (χ1) is 9.54. The van der Waals surface area contributed by atoms with Gasteiger partial charge in [-0.25, -0.2) is 4.99 Å². The van der Waals surface area contributed by atoms with Gasteiger partial charge >= 0.3 is 0 Å². The summed E-state index contributed by atoms with van der Waals surface area (Å²) in [5.74, 6) is 0.293. The van der Waals surface area contributed by atoms with Crippen LogP contribution in [-0.4, -0.2) is 5.96 Å². The molecule has 4 nitrogen and oxygen atoms in total. The molecule has 20 heavy (non-hydrogen) atoms. The zero-order valence-corrected chi connectivity index (χ0v) is 11.4. The fourth-order valence-corrected chi connectivity index (χ4v) is 1.78. The number of aryl methyl sites for hydroxylation is 1. The number of nitrogens with zero attached hydrogens (tertiary/aromatic N) is 1. The highest BCUT2D eigenvalue weighted by Gasteiger charge is 2.00. The van der Waals surface area contributed by atoms with Crippen LogP contribution in [0.3, 0.4) is 0 Å². The van der Waals surface area contributed by atoms with Crippen molar-refractivity contribution in [1.29, 1.82) is 0 Å². The number of nitrogens with two attached hydrogens (primary N) is 2. The van der Waals surface area contributed by atoms with Crippen LogP contribution < -0.4 is 16.8 Å².